The average molecular weight is 548 g/mol. The molecule has 212 valence electrons. The van der Waals surface area contributed by atoms with Crippen molar-refractivity contribution in [2.45, 2.75) is 51.7 Å². The second kappa shape index (κ2) is 14.1. The molecule has 1 aliphatic rings. The number of benzene rings is 1. The second-order valence-corrected chi connectivity index (χ2v) is 9.78. The van der Waals surface area contributed by atoms with Gasteiger partial charge in [-0.05, 0) is 43.9 Å². The van der Waals surface area contributed by atoms with Gasteiger partial charge in [-0.3, -0.25) is 0 Å². The number of carbonyl (C=O) groups excluding carboxylic acids is 1. The molecule has 4 N–H and O–H groups in total. The van der Waals surface area contributed by atoms with Gasteiger partial charge in [0.1, 0.15) is 36.4 Å². The van der Waals surface area contributed by atoms with E-state index in [1.807, 2.05) is 43.3 Å². The van der Waals surface area contributed by atoms with E-state index in [9.17, 15) is 14.7 Å². The van der Waals surface area contributed by atoms with Crippen molar-refractivity contribution >= 4 is 29.5 Å². The van der Waals surface area contributed by atoms with Crippen molar-refractivity contribution in [1.82, 2.24) is 20.3 Å². The molecule has 1 atom stereocenters. The summed E-state index contributed by atoms with van der Waals surface area (Å²) in [7, 11) is 0. The van der Waals surface area contributed by atoms with Gasteiger partial charge in [-0.15, -0.1) is 0 Å². The van der Waals surface area contributed by atoms with Crippen LogP contribution in [-0.2, 0) is 16.1 Å². The quantitative estimate of drug-likeness (QED) is 0.261. The third kappa shape index (κ3) is 7.81. The van der Waals surface area contributed by atoms with Crippen LogP contribution in [0.3, 0.4) is 0 Å². The number of carboxylic acids is 1. The van der Waals surface area contributed by atoms with E-state index >= 15 is 0 Å². The number of ether oxygens (including phenoxy) is 1. The molecule has 4 rings (SSSR count). The Kier molecular flexibility index (Phi) is 10.1. The number of anilines is 3. The number of piperidine rings is 1. The Balaban J connectivity index is 1.31. The Hall–Kier alpha value is -4.41. The molecule has 0 bridgehead atoms. The Morgan fingerprint density at radius 3 is 2.58 bits per heavy atom. The van der Waals surface area contributed by atoms with Crippen LogP contribution in [0, 0.1) is 6.92 Å². The predicted molar refractivity (Wildman–Crippen MR) is 154 cm³/mol. The minimum Gasteiger partial charge on any atom is -0.480 e. The summed E-state index contributed by atoms with van der Waals surface area (Å²) in [6.07, 6.45) is 3.62. The molecule has 0 unspecified atom stereocenters. The highest BCUT2D eigenvalue weighted by Crippen LogP contribution is 2.31. The van der Waals surface area contributed by atoms with E-state index in [0.717, 1.165) is 67.4 Å². The van der Waals surface area contributed by atoms with Crippen molar-refractivity contribution in [3.05, 3.63) is 71.7 Å². The molecule has 1 aromatic carbocycles. The number of amides is 1. The fourth-order valence-electron chi connectivity index (χ4n) is 4.66. The lowest BCUT2D eigenvalue weighted by atomic mass is 9.93. The molecular weight excluding hydrogens is 510 g/mol. The summed E-state index contributed by atoms with van der Waals surface area (Å²) in [4.78, 5) is 39.9. The van der Waals surface area contributed by atoms with Gasteiger partial charge in [-0.1, -0.05) is 43.3 Å². The maximum absolute atomic E-state index is 12.2. The minimum absolute atomic E-state index is 0.0504. The summed E-state index contributed by atoms with van der Waals surface area (Å²) in [6, 6.07) is 14.1. The van der Waals surface area contributed by atoms with Gasteiger partial charge in [0.15, 0.2) is 0 Å². The molecule has 0 radical (unpaired) electrons. The van der Waals surface area contributed by atoms with Gasteiger partial charge in [0, 0.05) is 43.4 Å². The summed E-state index contributed by atoms with van der Waals surface area (Å²) in [5.41, 5.74) is 2.74. The van der Waals surface area contributed by atoms with Gasteiger partial charge in [0.2, 0.25) is 0 Å². The highest BCUT2D eigenvalue weighted by Gasteiger charge is 2.25. The highest BCUT2D eigenvalue weighted by atomic mass is 16.5. The van der Waals surface area contributed by atoms with E-state index in [0.29, 0.717) is 11.7 Å². The van der Waals surface area contributed by atoms with Crippen LogP contribution >= 0.6 is 0 Å². The molecule has 1 amide bonds. The molecule has 1 fully saturated rings. The number of rotatable bonds is 12. The van der Waals surface area contributed by atoms with Crippen molar-refractivity contribution in [3.8, 4) is 0 Å². The molecule has 0 spiro atoms. The second-order valence-electron chi connectivity index (χ2n) is 9.78. The largest absolute Gasteiger partial charge is 0.480 e. The van der Waals surface area contributed by atoms with Crippen LogP contribution in [0.5, 0.6) is 0 Å². The van der Waals surface area contributed by atoms with E-state index in [1.54, 1.807) is 0 Å². The SMILES string of the molecule is CCCNc1cccc(C2CCN(c3ncnc(NC[C@H](NC(=O)OCc4ccccc4)C(=O)O)c3C)CC2)n1. The predicted octanol–water partition coefficient (Wildman–Crippen LogP) is 4.18. The Morgan fingerprint density at radius 2 is 1.85 bits per heavy atom. The smallest absolute Gasteiger partial charge is 0.408 e. The van der Waals surface area contributed by atoms with E-state index in [-0.39, 0.29) is 13.2 Å². The first kappa shape index (κ1) is 28.6. The standard InChI is InChI=1S/C29H37N7O4/c1-3-14-30-25-11-7-10-23(34-25)22-12-15-36(16-13-22)27-20(2)26(32-19-33-27)31-17-24(28(37)38)35-29(39)40-18-21-8-5-4-6-9-21/h4-11,19,22,24H,3,12-18H2,1-2H3,(H,30,34)(H,35,39)(H,37,38)(H,31,32,33)/t24-/m0/s1. The number of alkyl carbamates (subject to hydrolysis) is 1. The summed E-state index contributed by atoms with van der Waals surface area (Å²) in [5, 5.41) is 18.5. The van der Waals surface area contributed by atoms with Gasteiger partial charge in [0.25, 0.3) is 0 Å². The van der Waals surface area contributed by atoms with Gasteiger partial charge in [0.05, 0.1) is 0 Å². The number of carboxylic acid groups (broad SMARTS) is 1. The topological polar surface area (TPSA) is 142 Å². The fourth-order valence-corrected chi connectivity index (χ4v) is 4.66. The zero-order valence-corrected chi connectivity index (χ0v) is 23.0. The molecule has 11 heteroatoms. The monoisotopic (exact) mass is 547 g/mol. The van der Waals surface area contributed by atoms with E-state index < -0.39 is 18.1 Å². The number of aromatic nitrogens is 3. The van der Waals surface area contributed by atoms with Gasteiger partial charge in [-0.2, -0.15) is 0 Å². The number of carbonyl (C=O) groups is 2. The molecular formula is C29H37N7O4. The average Bonchev–Trinajstić information content (AvgIpc) is 2.98. The van der Waals surface area contributed by atoms with Crippen molar-refractivity contribution < 1.29 is 19.4 Å². The van der Waals surface area contributed by atoms with Crippen molar-refractivity contribution in [2.75, 3.05) is 41.7 Å². The van der Waals surface area contributed by atoms with E-state index in [1.165, 1.54) is 6.33 Å². The van der Waals surface area contributed by atoms with Crippen LogP contribution < -0.4 is 20.9 Å². The van der Waals surface area contributed by atoms with Crippen LogP contribution in [0.25, 0.3) is 0 Å². The first-order valence-electron chi connectivity index (χ1n) is 13.7. The zero-order chi connectivity index (χ0) is 28.3. The van der Waals surface area contributed by atoms with Gasteiger partial charge < -0.3 is 30.7 Å². The summed E-state index contributed by atoms with van der Waals surface area (Å²) < 4.78 is 5.17. The maximum Gasteiger partial charge on any atom is 0.408 e. The number of nitrogens with one attached hydrogen (secondary N) is 3. The summed E-state index contributed by atoms with van der Waals surface area (Å²) >= 11 is 0. The lowest BCUT2D eigenvalue weighted by molar-refractivity contribution is -0.139. The molecule has 2 aromatic heterocycles. The number of pyridine rings is 1. The normalized spacial score (nSPS) is 14.3. The highest BCUT2D eigenvalue weighted by molar-refractivity contribution is 5.80. The maximum atomic E-state index is 12.2. The number of hydrogen-bond donors (Lipinski definition) is 4. The van der Waals surface area contributed by atoms with Crippen LogP contribution in [0.4, 0.5) is 22.2 Å². The van der Waals surface area contributed by atoms with Crippen LogP contribution in [-0.4, -0.2) is 64.3 Å². The zero-order valence-electron chi connectivity index (χ0n) is 23.0. The Bertz CT molecular complexity index is 1270. The minimum atomic E-state index is -1.20. The lowest BCUT2D eigenvalue weighted by Gasteiger charge is -2.33. The molecule has 11 nitrogen and oxygen atoms in total. The van der Waals surface area contributed by atoms with Crippen molar-refractivity contribution in [2.24, 2.45) is 0 Å². The molecule has 3 heterocycles. The molecule has 40 heavy (non-hydrogen) atoms. The molecule has 1 aliphatic heterocycles. The van der Waals surface area contributed by atoms with E-state index in [4.69, 9.17) is 9.72 Å². The van der Waals surface area contributed by atoms with Crippen LogP contribution in [0.15, 0.2) is 54.9 Å². The van der Waals surface area contributed by atoms with Gasteiger partial charge >= 0.3 is 12.1 Å². The third-order valence-corrected chi connectivity index (χ3v) is 6.87. The molecule has 0 aliphatic carbocycles. The van der Waals surface area contributed by atoms with Gasteiger partial charge in [-0.25, -0.2) is 24.5 Å². The lowest BCUT2D eigenvalue weighted by Crippen LogP contribution is -2.45. The fraction of sp³-hybridized carbons (Fsp3) is 0.414. The Labute approximate surface area is 234 Å². The number of aliphatic carboxylic acids is 1. The number of nitrogens with zero attached hydrogens (tertiary/aromatic N) is 4. The molecule has 1 saturated heterocycles. The first-order chi connectivity index (χ1) is 19.4. The molecule has 0 saturated carbocycles. The van der Waals surface area contributed by atoms with Crippen molar-refractivity contribution in [3.63, 3.8) is 0 Å². The third-order valence-electron chi connectivity index (χ3n) is 6.87. The van der Waals surface area contributed by atoms with Crippen LogP contribution in [0.2, 0.25) is 0 Å². The van der Waals surface area contributed by atoms with Crippen LogP contribution in [0.1, 0.15) is 48.9 Å². The number of hydrogen-bond acceptors (Lipinski definition) is 9. The molecule has 3 aromatic rings. The summed E-state index contributed by atoms with van der Waals surface area (Å²) in [5.74, 6) is 1.45. The Morgan fingerprint density at radius 1 is 1.07 bits per heavy atom. The first-order valence-corrected chi connectivity index (χ1v) is 13.7. The van der Waals surface area contributed by atoms with E-state index in [2.05, 4.69) is 49.9 Å². The van der Waals surface area contributed by atoms with Crippen molar-refractivity contribution in [1.29, 1.82) is 0 Å². The summed E-state index contributed by atoms with van der Waals surface area (Å²) in [6.45, 7) is 6.57.